The average molecular weight is 1120 g/mol. The lowest BCUT2D eigenvalue weighted by molar-refractivity contribution is -0.144. The maximum absolute atomic E-state index is 14.7. The number of anilines is 1. The highest BCUT2D eigenvalue weighted by molar-refractivity contribution is 7.16. The molecule has 21 heteroatoms. The molecule has 80 heavy (non-hydrogen) atoms. The van der Waals surface area contributed by atoms with Crippen LogP contribution in [0.15, 0.2) is 71.1 Å². The SMILES string of the molecule is Cc1ncsc1-c1ccc([C@H](C)NC(=O)[C@@H]2C[C@@H](O)CN2C(=O)[C@@H](n2cc(C3CCN(CC4(COc5cc(Oc6cccnc6)nc(-c6noc7c6CCC[C@@]76CCCc7sc(N)c(C#N)c76)n5)CC4)CC3)nn2)C(C)(C)C)cc1. The topological polar surface area (TPSA) is 249 Å². The molecule has 0 unspecified atom stereocenters. The molecule has 7 aromatic rings. The number of carbonyl (C=O) groups excluding carboxylic acids is 2. The van der Waals surface area contributed by atoms with Gasteiger partial charge < -0.3 is 40.0 Å². The molecular weight excluding hydrogens is 1050 g/mol. The van der Waals surface area contributed by atoms with E-state index in [1.165, 1.54) is 16.2 Å². The summed E-state index contributed by atoms with van der Waals surface area (Å²) in [6.07, 6.45) is 13.5. The number of aryl methyl sites for hydroxylation is 2. The van der Waals surface area contributed by atoms with Gasteiger partial charge in [-0.3, -0.25) is 14.6 Å². The minimum Gasteiger partial charge on any atom is -0.477 e. The molecule has 0 bridgehead atoms. The zero-order valence-electron chi connectivity index (χ0n) is 45.9. The smallest absolute Gasteiger partial charge is 0.248 e. The first-order chi connectivity index (χ1) is 38.6. The lowest BCUT2D eigenvalue weighted by atomic mass is 9.63. The fraction of sp³-hybridized carbons (Fsp3) is 0.492. The number of nitrogens with one attached hydrogen (secondary N) is 1. The second-order valence-corrected chi connectivity index (χ2v) is 25.8. The van der Waals surface area contributed by atoms with Crippen LogP contribution in [0, 0.1) is 29.1 Å². The highest BCUT2D eigenvalue weighted by Crippen LogP contribution is 2.55. The summed E-state index contributed by atoms with van der Waals surface area (Å²) in [7, 11) is 0. The Morgan fingerprint density at radius 1 is 1.06 bits per heavy atom. The number of hydrogen-bond donors (Lipinski definition) is 3. The number of aliphatic hydroxyl groups is 1. The van der Waals surface area contributed by atoms with Crippen LogP contribution in [-0.4, -0.2) is 112 Å². The number of likely N-dealkylation sites (tertiary alicyclic amines) is 2. The number of aromatic nitrogens is 8. The molecule has 2 saturated heterocycles. The maximum atomic E-state index is 14.7. The van der Waals surface area contributed by atoms with Crippen LogP contribution in [0.4, 0.5) is 5.00 Å². The van der Waals surface area contributed by atoms with Crippen molar-refractivity contribution in [3.8, 4) is 45.5 Å². The van der Waals surface area contributed by atoms with Gasteiger partial charge in [0, 0.05) is 53.7 Å². The number of nitrogens with two attached hydrogens (primary N) is 1. The van der Waals surface area contributed by atoms with Crippen LogP contribution in [0.2, 0.25) is 0 Å². The van der Waals surface area contributed by atoms with Crippen molar-refractivity contribution < 1.29 is 28.7 Å². The molecule has 19 nitrogen and oxygen atoms in total. The molecular formula is C59H67N13O6S2. The van der Waals surface area contributed by atoms with Gasteiger partial charge in [-0.05, 0) is 125 Å². The van der Waals surface area contributed by atoms with Crippen molar-refractivity contribution in [1.29, 1.82) is 5.26 Å². The normalized spacial score (nSPS) is 21.6. The van der Waals surface area contributed by atoms with Gasteiger partial charge in [0.15, 0.2) is 17.3 Å². The van der Waals surface area contributed by atoms with E-state index in [1.54, 1.807) is 40.5 Å². The lowest BCUT2D eigenvalue weighted by Crippen LogP contribution is -2.50. The lowest BCUT2D eigenvalue weighted by Gasteiger charge is -2.39. The molecule has 3 fully saturated rings. The Morgan fingerprint density at radius 3 is 2.55 bits per heavy atom. The van der Waals surface area contributed by atoms with Crippen molar-refractivity contribution in [2.75, 3.05) is 38.5 Å². The second kappa shape index (κ2) is 21.4. The van der Waals surface area contributed by atoms with Gasteiger partial charge in [-0.15, -0.1) is 27.8 Å². The Balaban J connectivity index is 0.696. The summed E-state index contributed by atoms with van der Waals surface area (Å²) in [4.78, 5) is 53.4. The number of rotatable bonds is 15. The molecule has 8 heterocycles. The Labute approximate surface area is 472 Å². The number of piperidine rings is 1. The zero-order chi connectivity index (χ0) is 55.5. The van der Waals surface area contributed by atoms with Crippen LogP contribution < -0.4 is 20.5 Å². The summed E-state index contributed by atoms with van der Waals surface area (Å²) >= 11 is 3.11. The summed E-state index contributed by atoms with van der Waals surface area (Å²) in [5.74, 6) is 1.90. The van der Waals surface area contributed by atoms with E-state index in [4.69, 9.17) is 29.7 Å². The van der Waals surface area contributed by atoms with Gasteiger partial charge in [0.2, 0.25) is 23.6 Å². The number of amides is 2. The number of fused-ring (bicyclic) bond motifs is 4. The Morgan fingerprint density at radius 2 is 1.84 bits per heavy atom. The van der Waals surface area contributed by atoms with Crippen LogP contribution >= 0.6 is 22.7 Å². The second-order valence-electron chi connectivity index (χ2n) is 23.8. The number of nitriles is 1. The first-order valence-electron chi connectivity index (χ1n) is 27.9. The number of nitrogens with zero attached hydrogens (tertiary/aromatic N) is 11. The third kappa shape index (κ3) is 10.3. The molecule has 5 aliphatic rings. The van der Waals surface area contributed by atoms with E-state index >= 15 is 0 Å². The number of pyridine rings is 1. The van der Waals surface area contributed by atoms with E-state index in [-0.39, 0.29) is 42.2 Å². The van der Waals surface area contributed by atoms with Gasteiger partial charge in [0.05, 0.1) is 63.8 Å². The van der Waals surface area contributed by atoms with E-state index in [9.17, 15) is 20.0 Å². The summed E-state index contributed by atoms with van der Waals surface area (Å²) in [5.41, 5.74) is 14.0. The molecule has 1 spiro atoms. The van der Waals surface area contributed by atoms with Crippen molar-refractivity contribution in [1.82, 2.24) is 55.2 Å². The molecule has 6 aromatic heterocycles. The van der Waals surface area contributed by atoms with E-state index in [0.717, 1.165) is 133 Å². The number of hydrogen-bond acceptors (Lipinski definition) is 18. The molecule has 0 radical (unpaired) electrons. The van der Waals surface area contributed by atoms with Crippen LogP contribution in [0.5, 0.6) is 17.5 Å². The van der Waals surface area contributed by atoms with Crippen molar-refractivity contribution in [3.05, 3.63) is 111 Å². The van der Waals surface area contributed by atoms with E-state index in [0.29, 0.717) is 46.2 Å². The minimum absolute atomic E-state index is 0.0478. The van der Waals surface area contributed by atoms with Crippen LogP contribution in [0.25, 0.3) is 22.0 Å². The van der Waals surface area contributed by atoms with Gasteiger partial charge in [-0.1, -0.05) is 55.4 Å². The summed E-state index contributed by atoms with van der Waals surface area (Å²) in [6.45, 7) is 13.0. The number of thiophene rings is 1. The number of thiazole rings is 1. The first kappa shape index (κ1) is 53.5. The highest BCUT2D eigenvalue weighted by atomic mass is 32.1. The summed E-state index contributed by atoms with van der Waals surface area (Å²) in [5, 5.41) is 38.8. The Kier molecular flexibility index (Phi) is 14.3. The minimum atomic E-state index is -0.837. The number of β-amino-alcohol motifs (C(OH)–C–C–N with tert-alkyl or cyclic N) is 1. The highest BCUT2D eigenvalue weighted by Gasteiger charge is 2.50. The number of ether oxygens (including phenoxy) is 2. The molecule has 416 valence electrons. The third-order valence-corrected chi connectivity index (χ3v) is 19.2. The molecule has 2 aliphatic heterocycles. The average Bonchev–Trinajstić information content (AvgIpc) is 4.08. The quantitative estimate of drug-likeness (QED) is 0.0865. The zero-order valence-corrected chi connectivity index (χ0v) is 47.5. The van der Waals surface area contributed by atoms with Crippen molar-refractivity contribution in [2.45, 2.75) is 141 Å². The number of benzene rings is 1. The first-order valence-corrected chi connectivity index (χ1v) is 29.6. The van der Waals surface area contributed by atoms with Gasteiger partial charge in [0.1, 0.15) is 28.9 Å². The molecule has 1 saturated carbocycles. The van der Waals surface area contributed by atoms with Crippen LogP contribution in [0.3, 0.4) is 0 Å². The third-order valence-electron chi connectivity index (χ3n) is 17.1. The fourth-order valence-corrected chi connectivity index (χ4v) is 14.8. The molecule has 4 N–H and O–H groups in total. The van der Waals surface area contributed by atoms with E-state index < -0.39 is 29.0 Å². The molecule has 1 aromatic carbocycles. The molecule has 3 aliphatic carbocycles. The Hall–Kier alpha value is -7.12. The van der Waals surface area contributed by atoms with E-state index in [1.807, 2.05) is 76.7 Å². The van der Waals surface area contributed by atoms with Gasteiger partial charge in [-0.2, -0.15) is 15.2 Å². The predicted molar refractivity (Wildman–Crippen MR) is 301 cm³/mol. The van der Waals surface area contributed by atoms with Crippen molar-refractivity contribution in [2.24, 2.45) is 10.8 Å². The van der Waals surface area contributed by atoms with E-state index in [2.05, 4.69) is 41.7 Å². The van der Waals surface area contributed by atoms with Gasteiger partial charge >= 0.3 is 0 Å². The summed E-state index contributed by atoms with van der Waals surface area (Å²) < 4.78 is 20.9. The predicted octanol–water partition coefficient (Wildman–Crippen LogP) is 9.28. The largest absolute Gasteiger partial charge is 0.477 e. The number of aliphatic hydroxyl groups excluding tert-OH is 1. The van der Waals surface area contributed by atoms with Crippen LogP contribution in [0.1, 0.15) is 148 Å². The molecule has 5 atom stereocenters. The molecule has 12 rings (SSSR count). The monoisotopic (exact) mass is 1120 g/mol. The molecule has 2 amide bonds. The number of nitrogen functional groups attached to an aromatic ring is 1. The standard InChI is InChI=1S/C59H67N13O6S2/c1-34(36-12-14-38(15-13-36)50-35(2)63-33-79-50)64-55(74)44-25-39(73)29-71(44)56(75)51(57(3,4)5)72-30-43(67-69-72)37-16-23-70(24-17-37)31-58(20-21-58)32-76-46-26-47(77-40-9-8-22-62-28-40)66-54(65-46)49-41-10-6-18-59(52(41)78-68-49)19-7-11-45-48(59)42(27-60)53(61)80-45/h8-9,12-15,22,26,28,30,33-34,37,39,44,51,73H,6-7,10-11,16-21,23-25,29,31-32,61H2,1-5H3,(H,64,74)/t34-,39+,44-,51+,59-/m0/s1. The van der Waals surface area contributed by atoms with Crippen molar-refractivity contribution >= 4 is 39.5 Å². The summed E-state index contributed by atoms with van der Waals surface area (Å²) in [6, 6.07) is 13.9. The van der Waals surface area contributed by atoms with Crippen LogP contribution in [-0.2, 0) is 27.8 Å². The van der Waals surface area contributed by atoms with Gasteiger partial charge in [0.25, 0.3) is 0 Å². The Bertz CT molecular complexity index is 3460. The van der Waals surface area contributed by atoms with Gasteiger partial charge in [-0.25, -0.2) is 9.67 Å². The number of carbonyl (C=O) groups is 2. The fourth-order valence-electron chi connectivity index (χ4n) is 12.8. The maximum Gasteiger partial charge on any atom is 0.248 e. The van der Waals surface area contributed by atoms with Crippen molar-refractivity contribution in [3.63, 3.8) is 0 Å².